The van der Waals surface area contributed by atoms with Gasteiger partial charge in [-0.1, -0.05) is 61.5 Å². The molecule has 1 heterocycles. The molecular weight excluding hydrogens is 450 g/mol. The third-order valence-corrected chi connectivity index (χ3v) is 6.96. The van der Waals surface area contributed by atoms with Crippen LogP contribution >= 0.6 is 0 Å². The molecule has 0 bridgehead atoms. The first-order chi connectivity index (χ1) is 16.4. The first-order valence-electron chi connectivity index (χ1n) is 11.2. The Balaban J connectivity index is 1.71. The summed E-state index contributed by atoms with van der Waals surface area (Å²) in [5.74, 6) is 0.590. The van der Waals surface area contributed by atoms with Crippen LogP contribution in [-0.2, 0) is 14.8 Å². The Bertz CT molecular complexity index is 1310. The Morgan fingerprint density at radius 2 is 1.68 bits per heavy atom. The molecule has 3 aromatic carbocycles. The van der Waals surface area contributed by atoms with Crippen LogP contribution < -0.4 is 9.46 Å². The summed E-state index contributed by atoms with van der Waals surface area (Å²) >= 11 is 0. The van der Waals surface area contributed by atoms with E-state index in [1.807, 2.05) is 43.3 Å². The molecule has 1 amide bonds. The highest BCUT2D eigenvalue weighted by molar-refractivity contribution is 7.92. The number of ether oxygens (including phenoxy) is 1. The van der Waals surface area contributed by atoms with Crippen molar-refractivity contribution in [3.8, 4) is 5.75 Å². The average molecular weight is 478 g/mol. The fourth-order valence-corrected chi connectivity index (χ4v) is 5.08. The molecule has 34 heavy (non-hydrogen) atoms. The van der Waals surface area contributed by atoms with Crippen LogP contribution in [0.2, 0.25) is 0 Å². The molecule has 4 rings (SSSR count). The molecule has 0 fully saturated rings. The van der Waals surface area contributed by atoms with E-state index in [-0.39, 0.29) is 16.8 Å². The Morgan fingerprint density at radius 1 is 1.00 bits per heavy atom. The fourth-order valence-electron chi connectivity index (χ4n) is 3.98. The molecule has 1 aliphatic rings. The molecule has 0 aliphatic carbocycles. The van der Waals surface area contributed by atoms with Gasteiger partial charge in [-0.2, -0.15) is 5.10 Å². The van der Waals surface area contributed by atoms with Crippen molar-refractivity contribution in [3.63, 3.8) is 0 Å². The molecule has 0 saturated carbocycles. The average Bonchev–Trinajstić information content (AvgIpc) is 3.30. The summed E-state index contributed by atoms with van der Waals surface area (Å²) in [6.07, 6.45) is 0.728. The summed E-state index contributed by atoms with van der Waals surface area (Å²) in [5, 5.41) is 6.16. The first-order valence-corrected chi connectivity index (χ1v) is 12.7. The predicted octanol–water partition coefficient (Wildman–Crippen LogP) is 4.97. The molecule has 8 heteroatoms. The number of hydrogen-bond acceptors (Lipinski definition) is 5. The van der Waals surface area contributed by atoms with Crippen LogP contribution in [0.3, 0.4) is 0 Å². The molecule has 176 valence electrons. The quantitative estimate of drug-likeness (QED) is 0.496. The summed E-state index contributed by atoms with van der Waals surface area (Å²) in [7, 11) is -3.79. The molecule has 3 aromatic rings. The van der Waals surface area contributed by atoms with Crippen LogP contribution in [0.25, 0.3) is 0 Å². The number of nitrogens with zero attached hydrogens (tertiary/aromatic N) is 2. The second kappa shape index (κ2) is 10.1. The molecule has 1 N–H and O–H groups in total. The number of hydrazone groups is 1. The van der Waals surface area contributed by atoms with E-state index in [0.717, 1.165) is 5.56 Å². The zero-order valence-corrected chi connectivity index (χ0v) is 20.0. The van der Waals surface area contributed by atoms with Gasteiger partial charge in [0.15, 0.2) is 0 Å². The maximum atomic E-state index is 13.0. The van der Waals surface area contributed by atoms with Crippen molar-refractivity contribution >= 4 is 27.3 Å². The second-order valence-corrected chi connectivity index (χ2v) is 9.48. The van der Waals surface area contributed by atoms with Gasteiger partial charge in [-0.25, -0.2) is 13.4 Å². The van der Waals surface area contributed by atoms with Crippen molar-refractivity contribution in [2.75, 3.05) is 11.3 Å². The van der Waals surface area contributed by atoms with E-state index in [0.29, 0.717) is 42.2 Å². The number of para-hydroxylation sites is 2. The van der Waals surface area contributed by atoms with E-state index in [2.05, 4.69) is 9.82 Å². The zero-order valence-electron chi connectivity index (χ0n) is 19.1. The lowest BCUT2D eigenvalue weighted by Crippen LogP contribution is -2.26. The predicted molar refractivity (Wildman–Crippen MR) is 132 cm³/mol. The molecule has 0 aromatic heterocycles. The number of benzene rings is 3. The Kier molecular flexibility index (Phi) is 6.98. The van der Waals surface area contributed by atoms with E-state index in [1.54, 1.807) is 49.4 Å². The van der Waals surface area contributed by atoms with Crippen LogP contribution in [-0.4, -0.2) is 31.7 Å². The third-order valence-electron chi connectivity index (χ3n) is 5.58. The van der Waals surface area contributed by atoms with Gasteiger partial charge in [0.05, 0.1) is 28.9 Å². The summed E-state index contributed by atoms with van der Waals surface area (Å²) in [4.78, 5) is 13.0. The highest BCUT2D eigenvalue weighted by Gasteiger charge is 2.35. The molecule has 0 saturated heterocycles. The number of nitrogens with one attached hydrogen (secondary N) is 1. The molecule has 1 atom stereocenters. The van der Waals surface area contributed by atoms with Gasteiger partial charge in [-0.05, 0) is 31.2 Å². The minimum atomic E-state index is -3.79. The zero-order chi connectivity index (χ0) is 24.1. The number of hydrogen-bond donors (Lipinski definition) is 1. The van der Waals surface area contributed by atoms with Crippen LogP contribution in [0.4, 0.5) is 5.69 Å². The monoisotopic (exact) mass is 477 g/mol. The smallest absolute Gasteiger partial charge is 0.261 e. The van der Waals surface area contributed by atoms with E-state index in [9.17, 15) is 13.2 Å². The second-order valence-electron chi connectivity index (χ2n) is 7.79. The van der Waals surface area contributed by atoms with E-state index < -0.39 is 10.0 Å². The number of carbonyl (C=O) groups excluding carboxylic acids is 1. The number of anilines is 1. The lowest BCUT2D eigenvalue weighted by molar-refractivity contribution is -0.132. The van der Waals surface area contributed by atoms with Crippen molar-refractivity contribution in [1.29, 1.82) is 0 Å². The maximum Gasteiger partial charge on any atom is 0.261 e. The summed E-state index contributed by atoms with van der Waals surface area (Å²) < 4.78 is 34.4. The third kappa shape index (κ3) is 4.82. The Labute approximate surface area is 200 Å². The van der Waals surface area contributed by atoms with Gasteiger partial charge in [0.25, 0.3) is 10.0 Å². The highest BCUT2D eigenvalue weighted by Crippen LogP contribution is 2.39. The molecule has 1 aliphatic heterocycles. The van der Waals surface area contributed by atoms with Crippen LogP contribution in [0, 0.1) is 0 Å². The van der Waals surface area contributed by atoms with E-state index >= 15 is 0 Å². The van der Waals surface area contributed by atoms with Gasteiger partial charge in [0.2, 0.25) is 5.91 Å². The number of sulfonamides is 1. The van der Waals surface area contributed by atoms with E-state index in [1.165, 1.54) is 5.01 Å². The molecule has 7 nitrogen and oxygen atoms in total. The van der Waals surface area contributed by atoms with Gasteiger partial charge in [-0.3, -0.25) is 9.52 Å². The number of rotatable bonds is 8. The number of amides is 1. The maximum absolute atomic E-state index is 13.0. The largest absolute Gasteiger partial charge is 0.494 e. The van der Waals surface area contributed by atoms with Gasteiger partial charge < -0.3 is 4.74 Å². The van der Waals surface area contributed by atoms with Crippen LogP contribution in [0.5, 0.6) is 5.75 Å². The fraction of sp³-hybridized carbons (Fsp3) is 0.231. The summed E-state index contributed by atoms with van der Waals surface area (Å²) in [5.41, 5.74) is 2.54. The minimum absolute atomic E-state index is 0.117. The van der Waals surface area contributed by atoms with Gasteiger partial charge in [0, 0.05) is 24.0 Å². The van der Waals surface area contributed by atoms with Crippen molar-refractivity contribution in [2.24, 2.45) is 5.10 Å². The van der Waals surface area contributed by atoms with Crippen LogP contribution in [0.1, 0.15) is 43.9 Å². The van der Waals surface area contributed by atoms with E-state index in [4.69, 9.17) is 4.74 Å². The normalized spacial score (nSPS) is 15.6. The summed E-state index contributed by atoms with van der Waals surface area (Å²) in [6, 6.07) is 22.6. The van der Waals surface area contributed by atoms with Gasteiger partial charge >= 0.3 is 0 Å². The summed E-state index contributed by atoms with van der Waals surface area (Å²) in [6.45, 7) is 4.21. The SMILES string of the molecule is CCOc1ccccc1C1CC(c2ccccc2NS(=O)(=O)c2ccccc2)=NN1C(=O)CC. The lowest BCUT2D eigenvalue weighted by atomic mass is 9.97. The first kappa shape index (κ1) is 23.5. The minimum Gasteiger partial charge on any atom is -0.494 e. The van der Waals surface area contributed by atoms with Crippen molar-refractivity contribution in [1.82, 2.24) is 5.01 Å². The Hall–Kier alpha value is -3.65. The van der Waals surface area contributed by atoms with Crippen molar-refractivity contribution in [2.45, 2.75) is 37.6 Å². The topological polar surface area (TPSA) is 88.1 Å². The highest BCUT2D eigenvalue weighted by atomic mass is 32.2. The molecule has 0 radical (unpaired) electrons. The van der Waals surface area contributed by atoms with Crippen LogP contribution in [0.15, 0.2) is 88.9 Å². The molecule has 1 unspecified atom stereocenters. The van der Waals surface area contributed by atoms with Crippen molar-refractivity contribution < 1.29 is 17.9 Å². The number of carbonyl (C=O) groups is 1. The molecular formula is C26H27N3O4S. The lowest BCUT2D eigenvalue weighted by Gasteiger charge is -2.23. The Morgan fingerprint density at radius 3 is 2.41 bits per heavy atom. The van der Waals surface area contributed by atoms with Gasteiger partial charge in [-0.15, -0.1) is 0 Å². The van der Waals surface area contributed by atoms with Gasteiger partial charge in [0.1, 0.15) is 5.75 Å². The standard InChI is InChI=1S/C26H27N3O4S/c1-3-26(30)29-24(21-15-9-11-17-25(21)33-4-2)18-23(27-29)20-14-8-10-16-22(20)28-34(31,32)19-12-6-5-7-13-19/h5-17,24,28H,3-4,18H2,1-2H3. The van der Waals surface area contributed by atoms with Crippen molar-refractivity contribution in [3.05, 3.63) is 90.0 Å². The molecule has 0 spiro atoms.